The first-order chi connectivity index (χ1) is 8.78. The SMILES string of the molecule is CC(NC(=O)CCNC(C)(C)C)c1ccc(Cl)cc1. The van der Waals surface area contributed by atoms with E-state index in [2.05, 4.69) is 31.4 Å². The van der Waals surface area contributed by atoms with Crippen LogP contribution >= 0.6 is 11.6 Å². The van der Waals surface area contributed by atoms with Crippen molar-refractivity contribution in [3.05, 3.63) is 34.9 Å². The average Bonchev–Trinajstić information content (AvgIpc) is 2.27. The standard InChI is InChI=1S/C15H23ClN2O/c1-11(12-5-7-13(16)8-6-12)18-14(19)9-10-17-15(2,3)4/h5-8,11,17H,9-10H2,1-4H3,(H,18,19). The van der Waals surface area contributed by atoms with E-state index in [1.165, 1.54) is 0 Å². The van der Waals surface area contributed by atoms with Crippen LogP contribution in [0.5, 0.6) is 0 Å². The van der Waals surface area contributed by atoms with Crippen molar-refractivity contribution in [2.45, 2.75) is 45.7 Å². The van der Waals surface area contributed by atoms with Crippen LogP contribution in [0, 0.1) is 0 Å². The minimum absolute atomic E-state index is 0.000552. The largest absolute Gasteiger partial charge is 0.350 e. The third-order valence-corrected chi connectivity index (χ3v) is 3.01. The van der Waals surface area contributed by atoms with Gasteiger partial charge in [-0.05, 0) is 45.4 Å². The van der Waals surface area contributed by atoms with Gasteiger partial charge in [-0.1, -0.05) is 23.7 Å². The Hall–Kier alpha value is -1.06. The minimum Gasteiger partial charge on any atom is -0.350 e. The quantitative estimate of drug-likeness (QED) is 0.870. The van der Waals surface area contributed by atoms with Gasteiger partial charge in [0.15, 0.2) is 0 Å². The molecule has 0 fully saturated rings. The van der Waals surface area contributed by atoms with Crippen LogP contribution in [0.1, 0.15) is 45.7 Å². The number of halogens is 1. The summed E-state index contributed by atoms with van der Waals surface area (Å²) < 4.78 is 0. The summed E-state index contributed by atoms with van der Waals surface area (Å²) in [6.07, 6.45) is 0.481. The van der Waals surface area contributed by atoms with Gasteiger partial charge in [0.05, 0.1) is 6.04 Å². The maximum atomic E-state index is 11.8. The molecule has 0 spiro atoms. The van der Waals surface area contributed by atoms with E-state index >= 15 is 0 Å². The third kappa shape index (κ3) is 6.60. The molecule has 0 saturated heterocycles. The molecule has 1 rings (SSSR count). The zero-order chi connectivity index (χ0) is 14.5. The lowest BCUT2D eigenvalue weighted by Gasteiger charge is -2.21. The Morgan fingerprint density at radius 2 is 1.84 bits per heavy atom. The van der Waals surface area contributed by atoms with Gasteiger partial charge in [0.25, 0.3) is 0 Å². The lowest BCUT2D eigenvalue weighted by molar-refractivity contribution is -0.121. The zero-order valence-electron chi connectivity index (χ0n) is 12.1. The summed E-state index contributed by atoms with van der Waals surface area (Å²) in [6.45, 7) is 8.91. The molecule has 1 aromatic carbocycles. The highest BCUT2D eigenvalue weighted by atomic mass is 35.5. The van der Waals surface area contributed by atoms with E-state index in [1.54, 1.807) is 0 Å². The van der Waals surface area contributed by atoms with E-state index in [-0.39, 0.29) is 17.5 Å². The number of amides is 1. The lowest BCUT2D eigenvalue weighted by Crippen LogP contribution is -2.38. The summed E-state index contributed by atoms with van der Waals surface area (Å²) in [6, 6.07) is 7.53. The van der Waals surface area contributed by atoms with Gasteiger partial charge in [0.1, 0.15) is 0 Å². The molecule has 1 unspecified atom stereocenters. The van der Waals surface area contributed by atoms with Gasteiger partial charge < -0.3 is 10.6 Å². The highest BCUT2D eigenvalue weighted by Crippen LogP contribution is 2.15. The second kappa shape index (κ2) is 6.92. The fourth-order valence-corrected chi connectivity index (χ4v) is 1.83. The second-order valence-corrected chi connectivity index (χ2v) is 6.20. The molecule has 1 atom stereocenters. The molecule has 1 aromatic rings. The van der Waals surface area contributed by atoms with Crippen LogP contribution in [0.4, 0.5) is 0 Å². The lowest BCUT2D eigenvalue weighted by atomic mass is 10.1. The highest BCUT2D eigenvalue weighted by Gasteiger charge is 2.12. The van der Waals surface area contributed by atoms with E-state index < -0.39 is 0 Å². The van der Waals surface area contributed by atoms with Crippen LogP contribution < -0.4 is 10.6 Å². The Morgan fingerprint density at radius 3 is 2.37 bits per heavy atom. The molecule has 0 aliphatic carbocycles. The van der Waals surface area contributed by atoms with Crippen molar-refractivity contribution >= 4 is 17.5 Å². The van der Waals surface area contributed by atoms with Crippen molar-refractivity contribution in [3.63, 3.8) is 0 Å². The van der Waals surface area contributed by atoms with Crippen LogP contribution in [0.25, 0.3) is 0 Å². The van der Waals surface area contributed by atoms with Gasteiger partial charge >= 0.3 is 0 Å². The van der Waals surface area contributed by atoms with Crippen molar-refractivity contribution in [3.8, 4) is 0 Å². The predicted octanol–water partition coefficient (Wildman–Crippen LogP) is 3.30. The summed E-state index contributed by atoms with van der Waals surface area (Å²) >= 11 is 5.84. The van der Waals surface area contributed by atoms with Crippen LogP contribution in [0.15, 0.2) is 24.3 Å². The maximum absolute atomic E-state index is 11.8. The fraction of sp³-hybridized carbons (Fsp3) is 0.533. The molecule has 0 radical (unpaired) electrons. The van der Waals surface area contributed by atoms with Crippen LogP contribution in [-0.2, 0) is 4.79 Å². The number of benzene rings is 1. The highest BCUT2D eigenvalue weighted by molar-refractivity contribution is 6.30. The molecule has 0 bridgehead atoms. The molecule has 0 aromatic heterocycles. The Labute approximate surface area is 120 Å². The first-order valence-corrected chi connectivity index (χ1v) is 6.95. The molecule has 0 heterocycles. The Kier molecular flexibility index (Phi) is 5.83. The van der Waals surface area contributed by atoms with Crippen LogP contribution in [-0.4, -0.2) is 18.0 Å². The number of carbonyl (C=O) groups excluding carboxylic acids is 1. The minimum atomic E-state index is -0.000552. The van der Waals surface area contributed by atoms with E-state index in [0.29, 0.717) is 18.0 Å². The van der Waals surface area contributed by atoms with E-state index in [4.69, 9.17) is 11.6 Å². The van der Waals surface area contributed by atoms with Crippen molar-refractivity contribution in [2.75, 3.05) is 6.54 Å². The molecule has 19 heavy (non-hydrogen) atoms. The molecule has 1 amide bonds. The molecule has 106 valence electrons. The van der Waals surface area contributed by atoms with Crippen molar-refractivity contribution in [1.82, 2.24) is 10.6 Å². The molecular formula is C15H23ClN2O. The summed E-state index contributed by atoms with van der Waals surface area (Å²) in [5.41, 5.74) is 1.10. The van der Waals surface area contributed by atoms with Gasteiger partial charge in [-0.3, -0.25) is 4.79 Å². The first kappa shape index (κ1) is 16.0. The van der Waals surface area contributed by atoms with Gasteiger partial charge in [-0.15, -0.1) is 0 Å². The number of hydrogen-bond donors (Lipinski definition) is 2. The summed E-state index contributed by atoms with van der Waals surface area (Å²) in [7, 11) is 0. The molecule has 0 aliphatic heterocycles. The topological polar surface area (TPSA) is 41.1 Å². The van der Waals surface area contributed by atoms with E-state index in [9.17, 15) is 4.79 Å². The number of hydrogen-bond acceptors (Lipinski definition) is 2. The molecule has 2 N–H and O–H groups in total. The van der Waals surface area contributed by atoms with Gasteiger partial charge in [-0.2, -0.15) is 0 Å². The molecular weight excluding hydrogens is 260 g/mol. The Morgan fingerprint density at radius 1 is 1.26 bits per heavy atom. The Bertz CT molecular complexity index is 409. The van der Waals surface area contributed by atoms with Gasteiger partial charge in [0.2, 0.25) is 5.91 Å². The maximum Gasteiger partial charge on any atom is 0.221 e. The second-order valence-electron chi connectivity index (χ2n) is 5.77. The van der Waals surface area contributed by atoms with Crippen molar-refractivity contribution < 1.29 is 4.79 Å². The monoisotopic (exact) mass is 282 g/mol. The van der Waals surface area contributed by atoms with Gasteiger partial charge in [-0.25, -0.2) is 0 Å². The molecule has 0 saturated carbocycles. The van der Waals surface area contributed by atoms with Crippen molar-refractivity contribution in [2.24, 2.45) is 0 Å². The van der Waals surface area contributed by atoms with Crippen molar-refractivity contribution in [1.29, 1.82) is 0 Å². The van der Waals surface area contributed by atoms with E-state index in [1.807, 2.05) is 31.2 Å². The van der Waals surface area contributed by atoms with Crippen LogP contribution in [0.2, 0.25) is 5.02 Å². The first-order valence-electron chi connectivity index (χ1n) is 6.58. The molecule has 3 nitrogen and oxygen atoms in total. The summed E-state index contributed by atoms with van der Waals surface area (Å²) in [5, 5.41) is 6.98. The Balaban J connectivity index is 2.38. The molecule has 4 heteroatoms. The normalized spacial score (nSPS) is 13.1. The summed E-state index contributed by atoms with van der Waals surface area (Å²) in [5.74, 6) is 0.0548. The predicted molar refractivity (Wildman–Crippen MR) is 80.4 cm³/mol. The van der Waals surface area contributed by atoms with E-state index in [0.717, 1.165) is 5.56 Å². The third-order valence-electron chi connectivity index (χ3n) is 2.75. The summed E-state index contributed by atoms with van der Waals surface area (Å²) in [4.78, 5) is 11.8. The number of rotatable bonds is 5. The van der Waals surface area contributed by atoms with Crippen LogP contribution in [0.3, 0.4) is 0 Å². The average molecular weight is 283 g/mol. The zero-order valence-corrected chi connectivity index (χ0v) is 12.8. The number of carbonyl (C=O) groups is 1. The van der Waals surface area contributed by atoms with Gasteiger partial charge in [0, 0.05) is 23.5 Å². The molecule has 0 aliphatic rings. The number of nitrogens with one attached hydrogen (secondary N) is 2. The fourth-order valence-electron chi connectivity index (χ4n) is 1.70. The smallest absolute Gasteiger partial charge is 0.221 e.